The van der Waals surface area contributed by atoms with Gasteiger partial charge in [0.2, 0.25) is 0 Å². The summed E-state index contributed by atoms with van der Waals surface area (Å²) in [6.45, 7) is 8.16. The molecular formula is C14H22N4O4. The Kier molecular flexibility index (Phi) is 4.39. The van der Waals surface area contributed by atoms with Crippen LogP contribution in [-0.4, -0.2) is 54.6 Å². The number of aliphatic hydroxyl groups is 3. The highest BCUT2D eigenvalue weighted by molar-refractivity contribution is 5.97. The summed E-state index contributed by atoms with van der Waals surface area (Å²) in [5.41, 5.74) is 5.27. The number of aliphatic hydroxyl groups excluding tert-OH is 2. The first-order valence-corrected chi connectivity index (χ1v) is 6.93. The van der Waals surface area contributed by atoms with Crippen LogP contribution in [0, 0.1) is 6.92 Å². The summed E-state index contributed by atoms with van der Waals surface area (Å²) in [6.07, 6.45) is -1.20. The molecule has 0 spiro atoms. The molecule has 122 valence electrons. The lowest BCUT2D eigenvalue weighted by Crippen LogP contribution is -2.45. The molecule has 1 aromatic heterocycles. The van der Waals surface area contributed by atoms with Gasteiger partial charge in [-0.05, 0) is 20.8 Å². The van der Waals surface area contributed by atoms with E-state index in [9.17, 15) is 15.3 Å². The molecule has 0 bridgehead atoms. The highest BCUT2D eigenvalue weighted by atomic mass is 16.6. The average molecular weight is 310 g/mol. The largest absolute Gasteiger partial charge is 0.391 e. The molecule has 8 nitrogen and oxygen atoms in total. The van der Waals surface area contributed by atoms with E-state index < -0.39 is 30.1 Å². The van der Waals surface area contributed by atoms with Crippen molar-refractivity contribution in [3.63, 3.8) is 0 Å². The van der Waals surface area contributed by atoms with Crippen LogP contribution in [0.3, 0.4) is 0 Å². The summed E-state index contributed by atoms with van der Waals surface area (Å²) < 4.78 is 7.20. The van der Waals surface area contributed by atoms with E-state index in [1.807, 2.05) is 0 Å². The van der Waals surface area contributed by atoms with Gasteiger partial charge in [0.25, 0.3) is 0 Å². The lowest BCUT2D eigenvalue weighted by Gasteiger charge is -2.28. The quantitative estimate of drug-likeness (QED) is 0.436. The first kappa shape index (κ1) is 16.6. The zero-order chi connectivity index (χ0) is 16.7. The molecule has 1 unspecified atom stereocenters. The Balaban J connectivity index is 2.41. The molecule has 0 saturated carbocycles. The third-order valence-electron chi connectivity index (χ3n) is 3.94. The first-order chi connectivity index (χ1) is 10.2. The number of hydrogen-bond acceptors (Lipinski definition) is 6. The van der Waals surface area contributed by atoms with Crippen LogP contribution < -0.4 is 5.73 Å². The minimum atomic E-state index is -1.59. The molecule has 0 aromatic carbocycles. The van der Waals surface area contributed by atoms with Crippen molar-refractivity contribution in [2.24, 2.45) is 10.7 Å². The zero-order valence-electron chi connectivity index (χ0n) is 12.8. The fourth-order valence-corrected chi connectivity index (χ4v) is 2.63. The van der Waals surface area contributed by atoms with Gasteiger partial charge in [0.1, 0.15) is 23.5 Å². The van der Waals surface area contributed by atoms with Crippen LogP contribution >= 0.6 is 0 Å². The summed E-state index contributed by atoms with van der Waals surface area (Å²) in [5.74, 6) is 0.191. The van der Waals surface area contributed by atoms with Gasteiger partial charge >= 0.3 is 0 Å². The van der Waals surface area contributed by atoms with Crippen LogP contribution in [0.2, 0.25) is 0 Å². The van der Waals surface area contributed by atoms with Crippen molar-refractivity contribution in [1.82, 2.24) is 9.55 Å². The SMILES string of the molecule is C=CN=C(N)c1ncn([C@@H]2OC([C@@H](C)O)[C@@H](O)[C@@]2(C)O)c1C. The van der Waals surface area contributed by atoms with Crippen molar-refractivity contribution in [1.29, 1.82) is 0 Å². The van der Waals surface area contributed by atoms with Crippen molar-refractivity contribution in [3.8, 4) is 0 Å². The summed E-state index contributed by atoms with van der Waals surface area (Å²) in [4.78, 5) is 8.04. The van der Waals surface area contributed by atoms with Crippen molar-refractivity contribution in [2.45, 2.75) is 50.9 Å². The Labute approximate surface area is 128 Å². The predicted octanol–water partition coefficient (Wildman–Crippen LogP) is -0.570. The third kappa shape index (κ3) is 2.54. The van der Waals surface area contributed by atoms with E-state index >= 15 is 0 Å². The first-order valence-electron chi connectivity index (χ1n) is 6.93. The molecule has 0 aliphatic carbocycles. The van der Waals surface area contributed by atoms with E-state index in [-0.39, 0.29) is 5.84 Å². The molecule has 1 aromatic rings. The van der Waals surface area contributed by atoms with Crippen LogP contribution in [0.5, 0.6) is 0 Å². The van der Waals surface area contributed by atoms with Gasteiger partial charge in [0.05, 0.1) is 12.4 Å². The molecule has 1 aliphatic rings. The number of rotatable bonds is 4. The van der Waals surface area contributed by atoms with Crippen molar-refractivity contribution in [3.05, 3.63) is 30.5 Å². The molecule has 5 atom stereocenters. The summed E-state index contributed by atoms with van der Waals surface area (Å²) in [5, 5.41) is 30.4. The number of hydrogen-bond donors (Lipinski definition) is 4. The second kappa shape index (κ2) is 5.81. The van der Waals surface area contributed by atoms with Gasteiger partial charge in [-0.25, -0.2) is 9.98 Å². The van der Waals surface area contributed by atoms with Crippen molar-refractivity contribution < 1.29 is 20.1 Å². The number of aromatic nitrogens is 2. The second-order valence-corrected chi connectivity index (χ2v) is 5.65. The molecule has 1 aliphatic heterocycles. The molecule has 0 radical (unpaired) electrons. The maximum absolute atomic E-state index is 10.6. The van der Waals surface area contributed by atoms with E-state index in [4.69, 9.17) is 10.5 Å². The Morgan fingerprint density at radius 1 is 1.68 bits per heavy atom. The fraction of sp³-hybridized carbons (Fsp3) is 0.571. The molecule has 22 heavy (non-hydrogen) atoms. The standard InChI is InChI=1S/C14H22N4O4/c1-5-16-12(15)9-7(2)18(6-17-9)13-14(4,21)11(20)10(22-13)8(3)19/h5-6,8,10-11,13,19-21H,1H2,2-4H3,(H2,15,16)/t8-,10?,11-,13-,14-/m1/s1. The maximum Gasteiger partial charge on any atom is 0.166 e. The Hall–Kier alpha value is -1.74. The smallest absolute Gasteiger partial charge is 0.166 e. The van der Waals surface area contributed by atoms with Gasteiger partial charge in [-0.1, -0.05) is 6.58 Å². The summed E-state index contributed by atoms with van der Waals surface area (Å²) >= 11 is 0. The van der Waals surface area contributed by atoms with E-state index in [1.165, 1.54) is 26.4 Å². The Morgan fingerprint density at radius 2 is 2.32 bits per heavy atom. The number of ether oxygens (including phenoxy) is 1. The molecule has 2 heterocycles. The van der Waals surface area contributed by atoms with E-state index in [1.54, 1.807) is 11.5 Å². The minimum Gasteiger partial charge on any atom is -0.391 e. The zero-order valence-corrected chi connectivity index (χ0v) is 12.8. The molecule has 2 rings (SSSR count). The summed E-state index contributed by atoms with van der Waals surface area (Å²) in [6, 6.07) is 0. The number of imidazole rings is 1. The molecule has 1 fully saturated rings. The summed E-state index contributed by atoms with van der Waals surface area (Å²) in [7, 11) is 0. The Bertz CT molecular complexity index is 594. The third-order valence-corrected chi connectivity index (χ3v) is 3.94. The van der Waals surface area contributed by atoms with Gasteiger partial charge in [0.15, 0.2) is 12.1 Å². The van der Waals surface area contributed by atoms with Gasteiger partial charge < -0.3 is 30.4 Å². The topological polar surface area (TPSA) is 126 Å². The van der Waals surface area contributed by atoms with Crippen LogP contribution in [0.15, 0.2) is 24.1 Å². The van der Waals surface area contributed by atoms with E-state index in [2.05, 4.69) is 16.6 Å². The molecule has 0 amide bonds. The number of nitrogens with two attached hydrogens (primary N) is 1. The number of nitrogens with zero attached hydrogens (tertiary/aromatic N) is 3. The average Bonchev–Trinajstić information content (AvgIpc) is 2.90. The van der Waals surface area contributed by atoms with Crippen LogP contribution in [-0.2, 0) is 4.74 Å². The van der Waals surface area contributed by atoms with Gasteiger partial charge in [0, 0.05) is 11.9 Å². The maximum atomic E-state index is 10.6. The van der Waals surface area contributed by atoms with Gasteiger partial charge in [-0.3, -0.25) is 0 Å². The second-order valence-electron chi connectivity index (χ2n) is 5.65. The molecule has 1 saturated heterocycles. The van der Waals surface area contributed by atoms with Crippen molar-refractivity contribution in [2.75, 3.05) is 0 Å². The minimum absolute atomic E-state index is 0.191. The predicted molar refractivity (Wildman–Crippen MR) is 80.1 cm³/mol. The van der Waals surface area contributed by atoms with E-state index in [0.29, 0.717) is 11.4 Å². The van der Waals surface area contributed by atoms with Crippen LogP contribution in [0.4, 0.5) is 0 Å². The number of aliphatic imine (C=N–C) groups is 1. The van der Waals surface area contributed by atoms with E-state index in [0.717, 1.165) is 0 Å². The van der Waals surface area contributed by atoms with Crippen LogP contribution in [0.25, 0.3) is 0 Å². The highest BCUT2D eigenvalue weighted by Crippen LogP contribution is 2.40. The van der Waals surface area contributed by atoms with Gasteiger partial charge in [-0.2, -0.15) is 0 Å². The lowest BCUT2D eigenvalue weighted by molar-refractivity contribution is -0.101. The van der Waals surface area contributed by atoms with Crippen molar-refractivity contribution >= 4 is 5.84 Å². The highest BCUT2D eigenvalue weighted by Gasteiger charge is 2.54. The fourth-order valence-electron chi connectivity index (χ4n) is 2.63. The number of amidine groups is 1. The molecule has 5 N–H and O–H groups in total. The Morgan fingerprint density at radius 3 is 2.82 bits per heavy atom. The monoisotopic (exact) mass is 310 g/mol. The lowest BCUT2D eigenvalue weighted by atomic mass is 9.94. The molecule has 8 heteroatoms. The molecular weight excluding hydrogens is 288 g/mol. The van der Waals surface area contributed by atoms with Gasteiger partial charge in [-0.15, -0.1) is 0 Å². The normalized spacial score (nSPS) is 33.9. The van der Waals surface area contributed by atoms with Crippen LogP contribution in [0.1, 0.15) is 31.5 Å².